The third-order valence-corrected chi connectivity index (χ3v) is 5.02. The van der Waals surface area contributed by atoms with Crippen LogP contribution in [0.25, 0.3) is 0 Å². The highest BCUT2D eigenvalue weighted by Crippen LogP contribution is 2.54. The molecule has 2 unspecified atom stereocenters. The number of nitrogens with zero attached hydrogens (tertiary/aromatic N) is 1. The van der Waals surface area contributed by atoms with Crippen LogP contribution >= 0.6 is 0 Å². The van der Waals surface area contributed by atoms with Crippen molar-refractivity contribution in [3.8, 4) is 0 Å². The Morgan fingerprint density at radius 1 is 1.25 bits per heavy atom. The zero-order chi connectivity index (χ0) is 11.2. The van der Waals surface area contributed by atoms with Crippen LogP contribution in [0.1, 0.15) is 25.7 Å². The molecule has 0 aromatic heterocycles. The fourth-order valence-corrected chi connectivity index (χ4v) is 3.90. The van der Waals surface area contributed by atoms with Gasteiger partial charge in [-0.1, -0.05) is 0 Å². The first kappa shape index (κ1) is 11.0. The summed E-state index contributed by atoms with van der Waals surface area (Å²) < 4.78 is 0. The quantitative estimate of drug-likeness (QED) is 0.688. The molecule has 3 aliphatic rings. The summed E-state index contributed by atoms with van der Waals surface area (Å²) in [5.41, 5.74) is 0.294. The number of aliphatic hydroxyl groups excluding tert-OH is 1. The molecule has 2 heterocycles. The summed E-state index contributed by atoms with van der Waals surface area (Å²) in [4.78, 5) is 2.45. The maximum Gasteiger partial charge on any atom is 0.0651 e. The third kappa shape index (κ3) is 1.79. The monoisotopic (exact) mass is 224 g/mol. The number of piperidine rings is 2. The first-order valence-electron chi connectivity index (χ1n) is 6.79. The molecule has 16 heavy (non-hydrogen) atoms. The van der Waals surface area contributed by atoms with Crippen molar-refractivity contribution in [3.63, 3.8) is 0 Å². The van der Waals surface area contributed by atoms with Crippen molar-refractivity contribution >= 4 is 0 Å². The van der Waals surface area contributed by atoms with Gasteiger partial charge in [0.15, 0.2) is 0 Å². The second kappa shape index (κ2) is 3.97. The number of hydrogen-bond donors (Lipinski definition) is 2. The van der Waals surface area contributed by atoms with Crippen molar-refractivity contribution in [2.45, 2.75) is 31.8 Å². The van der Waals surface area contributed by atoms with Crippen LogP contribution in [0.15, 0.2) is 0 Å². The van der Waals surface area contributed by atoms with Crippen LogP contribution in [-0.4, -0.2) is 49.3 Å². The largest absolute Gasteiger partial charge is 0.392 e. The van der Waals surface area contributed by atoms with Gasteiger partial charge in [0, 0.05) is 24.4 Å². The zero-order valence-corrected chi connectivity index (χ0v) is 10.3. The highest BCUT2D eigenvalue weighted by Gasteiger charge is 2.55. The Labute approximate surface area is 98.2 Å². The van der Waals surface area contributed by atoms with E-state index in [2.05, 4.69) is 17.3 Å². The van der Waals surface area contributed by atoms with E-state index in [4.69, 9.17) is 0 Å². The molecule has 3 fully saturated rings. The van der Waals surface area contributed by atoms with Gasteiger partial charge in [-0.15, -0.1) is 0 Å². The average Bonchev–Trinajstić information content (AvgIpc) is 3.06. The lowest BCUT2D eigenvalue weighted by molar-refractivity contribution is -0.0548. The SMILES string of the molecule is CN1CC(C2CCNCC2)C(O)C2(CC2)C1. The van der Waals surface area contributed by atoms with E-state index in [0.29, 0.717) is 11.3 Å². The Kier molecular flexibility index (Phi) is 2.73. The lowest BCUT2D eigenvalue weighted by Crippen LogP contribution is -2.52. The predicted molar refractivity (Wildman–Crippen MR) is 64.3 cm³/mol. The van der Waals surface area contributed by atoms with Gasteiger partial charge in [-0.2, -0.15) is 0 Å². The second-order valence-electron chi connectivity index (χ2n) is 6.26. The Morgan fingerprint density at radius 2 is 1.94 bits per heavy atom. The Bertz CT molecular complexity index is 259. The molecule has 0 amide bonds. The first-order valence-corrected chi connectivity index (χ1v) is 6.79. The molecule has 2 atom stereocenters. The van der Waals surface area contributed by atoms with Crippen molar-refractivity contribution < 1.29 is 5.11 Å². The van der Waals surface area contributed by atoms with Crippen molar-refractivity contribution in [1.29, 1.82) is 0 Å². The summed E-state index contributed by atoms with van der Waals surface area (Å²) in [6.45, 7) is 4.51. The van der Waals surface area contributed by atoms with Gasteiger partial charge in [-0.05, 0) is 51.7 Å². The van der Waals surface area contributed by atoms with E-state index < -0.39 is 0 Å². The zero-order valence-electron chi connectivity index (χ0n) is 10.3. The molecule has 3 nitrogen and oxygen atoms in total. The summed E-state index contributed by atoms with van der Waals surface area (Å²) >= 11 is 0. The fraction of sp³-hybridized carbons (Fsp3) is 1.00. The summed E-state index contributed by atoms with van der Waals surface area (Å²) in [7, 11) is 2.22. The number of rotatable bonds is 1. The molecule has 0 aromatic carbocycles. The van der Waals surface area contributed by atoms with E-state index in [-0.39, 0.29) is 6.10 Å². The summed E-state index contributed by atoms with van der Waals surface area (Å²) in [6.07, 6.45) is 4.99. The van der Waals surface area contributed by atoms with Gasteiger partial charge < -0.3 is 15.3 Å². The van der Waals surface area contributed by atoms with Crippen molar-refractivity contribution in [3.05, 3.63) is 0 Å². The number of hydrogen-bond acceptors (Lipinski definition) is 3. The summed E-state index contributed by atoms with van der Waals surface area (Å²) in [5.74, 6) is 1.28. The van der Waals surface area contributed by atoms with Crippen LogP contribution < -0.4 is 5.32 Å². The van der Waals surface area contributed by atoms with E-state index in [1.54, 1.807) is 0 Å². The van der Waals surface area contributed by atoms with Crippen LogP contribution in [0, 0.1) is 17.3 Å². The number of aliphatic hydroxyl groups is 1. The summed E-state index contributed by atoms with van der Waals surface area (Å²) in [5, 5.41) is 14.0. The van der Waals surface area contributed by atoms with Gasteiger partial charge in [0.05, 0.1) is 6.10 Å². The molecular weight excluding hydrogens is 200 g/mol. The Balaban J connectivity index is 1.72. The number of nitrogens with one attached hydrogen (secondary N) is 1. The molecule has 1 aliphatic carbocycles. The van der Waals surface area contributed by atoms with Gasteiger partial charge in [-0.25, -0.2) is 0 Å². The van der Waals surface area contributed by atoms with E-state index >= 15 is 0 Å². The van der Waals surface area contributed by atoms with E-state index in [0.717, 1.165) is 32.1 Å². The van der Waals surface area contributed by atoms with Crippen LogP contribution in [-0.2, 0) is 0 Å². The normalized spacial score (nSPS) is 40.1. The maximum absolute atomic E-state index is 10.6. The lowest BCUT2D eigenvalue weighted by Gasteiger charge is -2.45. The van der Waals surface area contributed by atoms with Crippen molar-refractivity contribution in [2.24, 2.45) is 17.3 Å². The molecule has 1 spiro atoms. The first-order chi connectivity index (χ1) is 7.71. The van der Waals surface area contributed by atoms with Crippen LogP contribution in [0.5, 0.6) is 0 Å². The van der Waals surface area contributed by atoms with E-state index in [1.807, 2.05) is 0 Å². The maximum atomic E-state index is 10.6. The average molecular weight is 224 g/mol. The molecule has 0 bridgehead atoms. The van der Waals surface area contributed by atoms with Crippen LogP contribution in [0.3, 0.4) is 0 Å². The van der Waals surface area contributed by atoms with Gasteiger partial charge in [0.1, 0.15) is 0 Å². The van der Waals surface area contributed by atoms with Gasteiger partial charge >= 0.3 is 0 Å². The minimum absolute atomic E-state index is 0.0215. The van der Waals surface area contributed by atoms with Gasteiger partial charge in [0.25, 0.3) is 0 Å². The van der Waals surface area contributed by atoms with Crippen molar-refractivity contribution in [2.75, 3.05) is 33.2 Å². The molecule has 3 rings (SSSR count). The molecule has 92 valence electrons. The number of likely N-dealkylation sites (tertiary alicyclic amines) is 1. The third-order valence-electron chi connectivity index (χ3n) is 5.02. The molecular formula is C13H24N2O. The van der Waals surface area contributed by atoms with Crippen molar-refractivity contribution in [1.82, 2.24) is 10.2 Å². The fourth-order valence-electron chi connectivity index (χ4n) is 3.90. The molecule has 0 aromatic rings. The minimum Gasteiger partial charge on any atom is -0.392 e. The predicted octanol–water partition coefficient (Wildman–Crippen LogP) is 0.689. The highest BCUT2D eigenvalue weighted by molar-refractivity contribution is 5.07. The smallest absolute Gasteiger partial charge is 0.0651 e. The standard InChI is InChI=1S/C13H24N2O/c1-15-8-11(10-2-6-14-7-3-10)12(16)13(9-15)4-5-13/h10-12,14,16H,2-9H2,1H3. The topological polar surface area (TPSA) is 35.5 Å². The minimum atomic E-state index is -0.0215. The van der Waals surface area contributed by atoms with Gasteiger partial charge in [-0.3, -0.25) is 0 Å². The molecule has 2 N–H and O–H groups in total. The second-order valence-corrected chi connectivity index (χ2v) is 6.26. The summed E-state index contributed by atoms with van der Waals surface area (Å²) in [6, 6.07) is 0. The highest BCUT2D eigenvalue weighted by atomic mass is 16.3. The molecule has 3 heteroatoms. The molecule has 2 saturated heterocycles. The van der Waals surface area contributed by atoms with E-state index in [9.17, 15) is 5.11 Å². The molecule has 0 radical (unpaired) electrons. The van der Waals surface area contributed by atoms with Crippen LogP contribution in [0.2, 0.25) is 0 Å². The van der Waals surface area contributed by atoms with Gasteiger partial charge in [0.2, 0.25) is 0 Å². The molecule has 1 saturated carbocycles. The Morgan fingerprint density at radius 3 is 2.56 bits per heavy atom. The van der Waals surface area contributed by atoms with E-state index in [1.165, 1.54) is 25.7 Å². The molecule has 2 aliphatic heterocycles. The Hall–Kier alpha value is -0.120. The van der Waals surface area contributed by atoms with Crippen LogP contribution in [0.4, 0.5) is 0 Å². The lowest BCUT2D eigenvalue weighted by atomic mass is 9.73.